The third kappa shape index (κ3) is 3.08. The van der Waals surface area contributed by atoms with Gasteiger partial charge in [-0.1, -0.05) is 0 Å². The second-order valence-electron chi connectivity index (χ2n) is 4.67. The number of rotatable bonds is 3. The average Bonchev–Trinajstić information content (AvgIpc) is 2.40. The van der Waals surface area contributed by atoms with E-state index < -0.39 is 11.6 Å². The lowest BCUT2D eigenvalue weighted by Gasteiger charge is -2.27. The number of hydrogen-bond acceptors (Lipinski definition) is 2. The van der Waals surface area contributed by atoms with Crippen LogP contribution in [0.15, 0.2) is 16.6 Å². The van der Waals surface area contributed by atoms with Crippen molar-refractivity contribution in [2.45, 2.75) is 25.3 Å². The van der Waals surface area contributed by atoms with Gasteiger partial charge in [-0.3, -0.25) is 0 Å². The highest BCUT2D eigenvalue weighted by Crippen LogP contribution is 2.25. The summed E-state index contributed by atoms with van der Waals surface area (Å²) in [6.45, 7) is 1.33. The van der Waals surface area contributed by atoms with Gasteiger partial charge >= 0.3 is 0 Å². The van der Waals surface area contributed by atoms with Crippen LogP contribution in [-0.2, 0) is 11.2 Å². The van der Waals surface area contributed by atoms with Gasteiger partial charge < -0.3 is 10.5 Å². The van der Waals surface area contributed by atoms with E-state index in [9.17, 15) is 8.78 Å². The molecule has 1 aliphatic rings. The first kappa shape index (κ1) is 13.9. The van der Waals surface area contributed by atoms with E-state index in [2.05, 4.69) is 15.9 Å². The number of halogens is 3. The van der Waals surface area contributed by atoms with Crippen molar-refractivity contribution in [1.82, 2.24) is 0 Å². The van der Waals surface area contributed by atoms with E-state index in [4.69, 9.17) is 10.5 Å². The van der Waals surface area contributed by atoms with Gasteiger partial charge in [0, 0.05) is 18.2 Å². The second kappa shape index (κ2) is 6.08. The minimum atomic E-state index is -0.554. The van der Waals surface area contributed by atoms with Gasteiger partial charge in [-0.25, -0.2) is 8.78 Å². The van der Waals surface area contributed by atoms with Crippen molar-refractivity contribution in [2.24, 2.45) is 11.7 Å². The molecule has 1 aliphatic heterocycles. The summed E-state index contributed by atoms with van der Waals surface area (Å²) in [6.07, 6.45) is 2.12. The summed E-state index contributed by atoms with van der Waals surface area (Å²) in [5.74, 6) is -0.915. The molecule has 100 valence electrons. The Labute approximate surface area is 114 Å². The molecule has 1 fully saturated rings. The normalized spacial score (nSPS) is 21.9. The molecule has 2 rings (SSSR count). The average molecular weight is 320 g/mol. The predicted octanol–water partition coefficient (Wildman–Crippen LogP) is 3.02. The van der Waals surface area contributed by atoms with Gasteiger partial charge in [-0.05, 0) is 53.2 Å². The summed E-state index contributed by atoms with van der Waals surface area (Å²) in [5.41, 5.74) is 6.10. The maximum absolute atomic E-state index is 13.8. The molecule has 0 aliphatic carbocycles. The van der Waals surface area contributed by atoms with E-state index in [0.717, 1.165) is 19.4 Å². The summed E-state index contributed by atoms with van der Waals surface area (Å²) in [5, 5.41) is 0. The molecule has 2 atom stereocenters. The van der Waals surface area contributed by atoms with Gasteiger partial charge in [0.25, 0.3) is 0 Å². The van der Waals surface area contributed by atoms with Crippen molar-refractivity contribution in [3.05, 3.63) is 33.8 Å². The quantitative estimate of drug-likeness (QED) is 0.869. The summed E-state index contributed by atoms with van der Waals surface area (Å²) >= 11 is 3.06. The van der Waals surface area contributed by atoms with Crippen LogP contribution < -0.4 is 5.73 Å². The second-order valence-corrected chi connectivity index (χ2v) is 5.52. The first-order valence-electron chi connectivity index (χ1n) is 6.05. The maximum atomic E-state index is 13.8. The molecule has 0 spiro atoms. The number of nitrogens with two attached hydrogens (primary N) is 1. The zero-order chi connectivity index (χ0) is 13.1. The van der Waals surface area contributed by atoms with E-state index in [-0.39, 0.29) is 28.4 Å². The topological polar surface area (TPSA) is 35.2 Å². The Bertz CT molecular complexity index is 422. The number of ether oxygens (including phenoxy) is 1. The first-order chi connectivity index (χ1) is 8.59. The first-order valence-corrected chi connectivity index (χ1v) is 6.84. The molecule has 5 heteroatoms. The molecule has 1 aromatic rings. The third-order valence-electron chi connectivity index (χ3n) is 3.38. The lowest BCUT2D eigenvalue weighted by molar-refractivity contribution is 0.0448. The van der Waals surface area contributed by atoms with Crippen LogP contribution in [0.1, 0.15) is 18.4 Å². The molecule has 2 nitrogen and oxygen atoms in total. The molecule has 0 radical (unpaired) electrons. The van der Waals surface area contributed by atoms with E-state index >= 15 is 0 Å². The van der Waals surface area contributed by atoms with Crippen molar-refractivity contribution < 1.29 is 13.5 Å². The maximum Gasteiger partial charge on any atom is 0.143 e. The molecule has 0 bridgehead atoms. The highest BCUT2D eigenvalue weighted by molar-refractivity contribution is 9.10. The lowest BCUT2D eigenvalue weighted by atomic mass is 9.90. The lowest BCUT2D eigenvalue weighted by Crippen LogP contribution is -2.37. The van der Waals surface area contributed by atoms with Gasteiger partial charge in [0.2, 0.25) is 0 Å². The smallest absolute Gasteiger partial charge is 0.143 e. The zero-order valence-electron chi connectivity index (χ0n) is 9.96. The minimum Gasteiger partial charge on any atom is -0.381 e. The Morgan fingerprint density at radius 1 is 1.44 bits per heavy atom. The summed E-state index contributed by atoms with van der Waals surface area (Å²) in [4.78, 5) is 0. The molecule has 1 aromatic carbocycles. The Hall–Kier alpha value is -0.520. The molecule has 1 heterocycles. The van der Waals surface area contributed by atoms with Crippen LogP contribution in [0, 0.1) is 17.6 Å². The van der Waals surface area contributed by atoms with Crippen molar-refractivity contribution in [1.29, 1.82) is 0 Å². The van der Waals surface area contributed by atoms with Gasteiger partial charge in [0.1, 0.15) is 11.6 Å². The van der Waals surface area contributed by atoms with Crippen LogP contribution >= 0.6 is 15.9 Å². The van der Waals surface area contributed by atoms with Crippen LogP contribution in [0.4, 0.5) is 8.78 Å². The molecular weight excluding hydrogens is 304 g/mol. The van der Waals surface area contributed by atoms with Crippen LogP contribution in [0.5, 0.6) is 0 Å². The van der Waals surface area contributed by atoms with E-state index in [0.29, 0.717) is 6.61 Å². The van der Waals surface area contributed by atoms with Crippen LogP contribution in [0.3, 0.4) is 0 Å². The van der Waals surface area contributed by atoms with E-state index in [1.165, 1.54) is 12.1 Å². The molecule has 0 saturated carbocycles. The van der Waals surface area contributed by atoms with E-state index in [1.807, 2.05) is 0 Å². The fraction of sp³-hybridized carbons (Fsp3) is 0.538. The summed E-state index contributed by atoms with van der Waals surface area (Å²) in [6, 6.07) is 2.35. The third-order valence-corrected chi connectivity index (χ3v) is 3.99. The molecule has 0 amide bonds. The molecule has 2 N–H and O–H groups in total. The highest BCUT2D eigenvalue weighted by atomic mass is 79.9. The van der Waals surface area contributed by atoms with Gasteiger partial charge in [0.05, 0.1) is 11.1 Å². The minimum absolute atomic E-state index is 0.0578. The van der Waals surface area contributed by atoms with Gasteiger partial charge in [-0.2, -0.15) is 0 Å². The largest absolute Gasteiger partial charge is 0.381 e. The fourth-order valence-electron chi connectivity index (χ4n) is 2.26. The molecule has 18 heavy (non-hydrogen) atoms. The monoisotopic (exact) mass is 319 g/mol. The van der Waals surface area contributed by atoms with Crippen LogP contribution in [-0.4, -0.2) is 19.3 Å². The Kier molecular flexibility index (Phi) is 4.70. The predicted molar refractivity (Wildman–Crippen MR) is 69.3 cm³/mol. The number of benzene rings is 1. The zero-order valence-corrected chi connectivity index (χ0v) is 11.6. The Balaban J connectivity index is 2.10. The Morgan fingerprint density at radius 2 is 2.22 bits per heavy atom. The molecule has 0 aromatic heterocycles. The molecule has 2 unspecified atom stereocenters. The van der Waals surface area contributed by atoms with Crippen molar-refractivity contribution in [3.63, 3.8) is 0 Å². The van der Waals surface area contributed by atoms with Gasteiger partial charge in [-0.15, -0.1) is 0 Å². The standard InChI is InChI=1S/C13H16BrF2NO/c14-10-3-4-11(15)9(13(10)16)6-12(17)8-2-1-5-18-7-8/h3-4,8,12H,1-2,5-7,17H2. The highest BCUT2D eigenvalue weighted by Gasteiger charge is 2.24. The summed E-state index contributed by atoms with van der Waals surface area (Å²) < 4.78 is 33.0. The fourth-order valence-corrected chi connectivity index (χ4v) is 2.63. The SMILES string of the molecule is NC(Cc1c(F)ccc(Br)c1F)C1CCCOC1. The van der Waals surface area contributed by atoms with Crippen LogP contribution in [0.25, 0.3) is 0 Å². The van der Waals surface area contributed by atoms with Crippen LogP contribution in [0.2, 0.25) is 0 Å². The summed E-state index contributed by atoms with van der Waals surface area (Å²) in [7, 11) is 0. The van der Waals surface area contributed by atoms with Crippen molar-refractivity contribution in [2.75, 3.05) is 13.2 Å². The van der Waals surface area contributed by atoms with Crippen molar-refractivity contribution >= 4 is 15.9 Å². The number of hydrogen-bond donors (Lipinski definition) is 1. The van der Waals surface area contributed by atoms with Crippen molar-refractivity contribution in [3.8, 4) is 0 Å². The molecule has 1 saturated heterocycles. The van der Waals surface area contributed by atoms with Gasteiger partial charge in [0.15, 0.2) is 0 Å². The van der Waals surface area contributed by atoms with E-state index in [1.54, 1.807) is 0 Å². The molecular formula is C13H16BrF2NO. The Morgan fingerprint density at radius 3 is 2.89 bits per heavy atom.